The molecule has 2 nitrogen and oxygen atoms in total. The zero-order chi connectivity index (χ0) is 28.5. The highest BCUT2D eigenvalue weighted by molar-refractivity contribution is 6.00. The van der Waals surface area contributed by atoms with Crippen LogP contribution in [-0.4, -0.2) is 18.8 Å². The minimum atomic E-state index is 0.476. The summed E-state index contributed by atoms with van der Waals surface area (Å²) in [7, 11) is 0. The minimum absolute atomic E-state index is 0.476. The van der Waals surface area contributed by atoms with Crippen LogP contribution >= 0.6 is 0 Å². The maximum atomic E-state index is 2.84. The maximum absolute atomic E-state index is 2.84. The number of nitrogens with zero attached hydrogens (tertiary/aromatic N) is 2. The van der Waals surface area contributed by atoms with E-state index in [0.29, 0.717) is 47.6 Å². The van der Waals surface area contributed by atoms with Crippen molar-refractivity contribution in [3.63, 3.8) is 0 Å². The molecule has 0 spiro atoms. The van der Waals surface area contributed by atoms with Crippen LogP contribution in [0.4, 0.5) is 11.4 Å². The molecule has 2 heterocycles. The Balaban J connectivity index is 1.34. The van der Waals surface area contributed by atoms with Gasteiger partial charge in [-0.1, -0.05) is 90.1 Å². The molecule has 41 heavy (non-hydrogen) atoms. The maximum Gasteiger partial charge on any atom is 0.0909 e. The van der Waals surface area contributed by atoms with E-state index in [2.05, 4.69) is 114 Å². The fraction of sp³-hybridized carbons (Fsp3) is 0.487. The van der Waals surface area contributed by atoms with Crippen molar-refractivity contribution in [1.82, 2.24) is 0 Å². The largest absolute Gasteiger partial charge is 0.350 e. The fourth-order valence-corrected chi connectivity index (χ4v) is 9.66. The van der Waals surface area contributed by atoms with E-state index in [1.165, 1.54) is 34.4 Å². The van der Waals surface area contributed by atoms with Gasteiger partial charge in [0.25, 0.3) is 0 Å². The molecule has 0 unspecified atom stereocenters. The van der Waals surface area contributed by atoms with Gasteiger partial charge in [0, 0.05) is 35.3 Å². The van der Waals surface area contributed by atoms with Crippen LogP contribution in [0.15, 0.2) is 48.5 Å². The van der Waals surface area contributed by atoms with E-state index in [0.717, 1.165) is 6.67 Å². The lowest BCUT2D eigenvalue weighted by atomic mass is 9.87. The third kappa shape index (κ3) is 3.20. The van der Waals surface area contributed by atoms with Crippen LogP contribution in [0, 0.1) is 11.8 Å². The van der Waals surface area contributed by atoms with E-state index in [9.17, 15) is 0 Å². The Morgan fingerprint density at radius 3 is 1.20 bits per heavy atom. The van der Waals surface area contributed by atoms with Gasteiger partial charge in [0.1, 0.15) is 0 Å². The van der Waals surface area contributed by atoms with Crippen molar-refractivity contribution in [2.24, 2.45) is 11.8 Å². The van der Waals surface area contributed by atoms with Crippen molar-refractivity contribution in [1.29, 1.82) is 0 Å². The first-order chi connectivity index (χ1) is 19.7. The van der Waals surface area contributed by atoms with E-state index in [1.807, 2.05) is 0 Å². The predicted molar refractivity (Wildman–Crippen MR) is 176 cm³/mol. The number of benzene rings is 4. The lowest BCUT2D eigenvalue weighted by Crippen LogP contribution is -2.45. The van der Waals surface area contributed by atoms with Gasteiger partial charge in [-0.2, -0.15) is 0 Å². The van der Waals surface area contributed by atoms with Gasteiger partial charge < -0.3 is 9.80 Å². The van der Waals surface area contributed by atoms with E-state index < -0.39 is 0 Å². The molecule has 0 N–H and O–H groups in total. The molecule has 2 heteroatoms. The third-order valence-electron chi connectivity index (χ3n) is 12.6. The first kappa shape index (κ1) is 25.7. The zero-order valence-corrected chi connectivity index (χ0v) is 26.3. The highest BCUT2D eigenvalue weighted by Gasteiger charge is 2.45. The van der Waals surface area contributed by atoms with E-state index >= 15 is 0 Å². The molecule has 0 bridgehead atoms. The summed E-state index contributed by atoms with van der Waals surface area (Å²) in [6.07, 6.45) is 2.41. The summed E-state index contributed by atoms with van der Waals surface area (Å²) in [6.45, 7) is 20.8. The second-order valence-corrected chi connectivity index (χ2v) is 14.5. The van der Waals surface area contributed by atoms with Crippen molar-refractivity contribution < 1.29 is 0 Å². The van der Waals surface area contributed by atoms with Crippen molar-refractivity contribution >= 4 is 32.9 Å². The number of rotatable bonds is 2. The molecule has 0 saturated carbocycles. The van der Waals surface area contributed by atoms with Crippen LogP contribution in [0.1, 0.15) is 112 Å². The molecule has 8 rings (SSSR count). The molecule has 4 aliphatic rings. The van der Waals surface area contributed by atoms with Crippen molar-refractivity contribution in [2.45, 2.75) is 104 Å². The lowest BCUT2D eigenvalue weighted by molar-refractivity contribution is 0.528. The molecular weight excluding hydrogens is 496 g/mol. The summed E-state index contributed by atoms with van der Waals surface area (Å²) in [5, 5.41) is 6.03. The lowest BCUT2D eigenvalue weighted by Gasteiger charge is -2.37. The molecule has 0 radical (unpaired) electrons. The molecule has 0 aromatic heterocycles. The average Bonchev–Trinajstić information content (AvgIpc) is 3.61. The second-order valence-electron chi connectivity index (χ2n) is 14.5. The SMILES string of the molecule is C[C@@H]1c2c(c3c(c4ccccc24)[C@H](C)[C@H](C)N3CN2c3c4c(c5ccccc5c3[C@H](C)[C@@H]2C)[C@@H](C)[C@@H](C)C4)C[C@@H]1C. The van der Waals surface area contributed by atoms with Gasteiger partial charge in [-0.25, -0.2) is 0 Å². The summed E-state index contributed by atoms with van der Waals surface area (Å²) in [5.74, 6) is 3.64. The van der Waals surface area contributed by atoms with Crippen LogP contribution in [0.25, 0.3) is 21.5 Å². The number of anilines is 2. The van der Waals surface area contributed by atoms with E-state index in [-0.39, 0.29) is 0 Å². The van der Waals surface area contributed by atoms with Crippen molar-refractivity contribution in [2.75, 3.05) is 16.5 Å². The van der Waals surface area contributed by atoms with Crippen LogP contribution in [-0.2, 0) is 12.8 Å². The highest BCUT2D eigenvalue weighted by atomic mass is 15.4. The first-order valence-corrected chi connectivity index (χ1v) is 16.4. The number of hydrogen-bond donors (Lipinski definition) is 0. The molecule has 4 aromatic carbocycles. The summed E-state index contributed by atoms with van der Waals surface area (Å²) < 4.78 is 0. The summed E-state index contributed by atoms with van der Waals surface area (Å²) in [5.41, 5.74) is 13.0. The Morgan fingerprint density at radius 1 is 0.488 bits per heavy atom. The zero-order valence-electron chi connectivity index (χ0n) is 26.3. The summed E-state index contributed by atoms with van der Waals surface area (Å²) in [6, 6.07) is 19.6. The molecule has 2 aliphatic heterocycles. The van der Waals surface area contributed by atoms with Gasteiger partial charge >= 0.3 is 0 Å². The van der Waals surface area contributed by atoms with Crippen LogP contribution in [0.5, 0.6) is 0 Å². The van der Waals surface area contributed by atoms with Gasteiger partial charge in [0.2, 0.25) is 0 Å². The Labute approximate surface area is 246 Å². The first-order valence-electron chi connectivity index (χ1n) is 16.4. The molecule has 0 saturated heterocycles. The Hall–Kier alpha value is -3.00. The van der Waals surface area contributed by atoms with Crippen molar-refractivity contribution in [3.8, 4) is 0 Å². The molecule has 8 atom stereocenters. The van der Waals surface area contributed by atoms with Gasteiger partial charge in [0.05, 0.1) is 6.67 Å². The highest BCUT2D eigenvalue weighted by Crippen LogP contribution is 2.57. The summed E-state index contributed by atoms with van der Waals surface area (Å²) >= 11 is 0. The molecular formula is C39H46N2. The normalized spacial score (nSPS) is 31.7. The monoisotopic (exact) mass is 542 g/mol. The van der Waals surface area contributed by atoms with E-state index in [1.54, 1.807) is 44.8 Å². The van der Waals surface area contributed by atoms with E-state index in [4.69, 9.17) is 0 Å². The van der Waals surface area contributed by atoms with Crippen LogP contribution in [0.3, 0.4) is 0 Å². The van der Waals surface area contributed by atoms with Crippen molar-refractivity contribution in [3.05, 3.63) is 81.9 Å². The van der Waals surface area contributed by atoms with Crippen LogP contribution < -0.4 is 9.80 Å². The quantitative estimate of drug-likeness (QED) is 0.249. The van der Waals surface area contributed by atoms with Gasteiger partial charge in [0.15, 0.2) is 0 Å². The van der Waals surface area contributed by atoms with Gasteiger partial charge in [-0.05, 0) is 105 Å². The smallest absolute Gasteiger partial charge is 0.0909 e. The fourth-order valence-electron chi connectivity index (χ4n) is 9.66. The molecule has 2 aliphatic carbocycles. The Kier molecular flexibility index (Phi) is 5.49. The van der Waals surface area contributed by atoms with Crippen LogP contribution in [0.2, 0.25) is 0 Å². The topological polar surface area (TPSA) is 6.48 Å². The van der Waals surface area contributed by atoms with Gasteiger partial charge in [-0.3, -0.25) is 0 Å². The Bertz CT molecular complexity index is 1600. The summed E-state index contributed by atoms with van der Waals surface area (Å²) in [4.78, 5) is 5.69. The predicted octanol–water partition coefficient (Wildman–Crippen LogP) is 9.87. The average molecular weight is 543 g/mol. The molecule has 212 valence electrons. The second kappa shape index (κ2) is 8.76. The number of hydrogen-bond acceptors (Lipinski definition) is 2. The molecule has 0 fully saturated rings. The Morgan fingerprint density at radius 2 is 0.829 bits per heavy atom. The minimum Gasteiger partial charge on any atom is -0.350 e. The third-order valence-corrected chi connectivity index (χ3v) is 12.6. The van der Waals surface area contributed by atoms with Gasteiger partial charge in [-0.15, -0.1) is 0 Å². The number of fused-ring (bicyclic) bond motifs is 12. The molecule has 0 amide bonds. The molecule has 4 aromatic rings. The standard InChI is InChI=1S/C39H46N2/c1-20-17-32-34(22(20)3)28-13-9-11-15-30(28)36-24(5)26(7)40(38(32)36)19-41-27(8)25(6)37-31-16-12-10-14-29(31)35-23(4)21(2)18-33(35)39(37)41/h9-16,20-27H,17-19H2,1-8H3/t20-,21-,22-,23-,24+,25+,26-,27-/m0/s1.